The van der Waals surface area contributed by atoms with Crippen molar-refractivity contribution in [3.63, 3.8) is 0 Å². The standard InChI is InChI=1S/C14H21BrN2O2/c1-11(2)16-14(18)10-17(3)7-8-19-13-6-4-5-12(15)9-13/h4-6,9,11H,7-8,10H2,1-3H3,(H,16,18)/p+1. The van der Waals surface area contributed by atoms with Crippen LogP contribution in [0.2, 0.25) is 0 Å². The van der Waals surface area contributed by atoms with Gasteiger partial charge in [-0.05, 0) is 32.0 Å². The summed E-state index contributed by atoms with van der Waals surface area (Å²) in [5.41, 5.74) is 0. The van der Waals surface area contributed by atoms with Gasteiger partial charge in [0.1, 0.15) is 18.9 Å². The molecule has 1 amide bonds. The topological polar surface area (TPSA) is 42.8 Å². The Morgan fingerprint density at radius 3 is 2.84 bits per heavy atom. The molecule has 1 aromatic rings. The van der Waals surface area contributed by atoms with Crippen LogP contribution in [0.25, 0.3) is 0 Å². The summed E-state index contributed by atoms with van der Waals surface area (Å²) in [5, 5.41) is 2.88. The number of likely N-dealkylation sites (N-methyl/N-ethyl adjacent to an activating group) is 1. The van der Waals surface area contributed by atoms with Crippen LogP contribution in [-0.2, 0) is 4.79 Å². The van der Waals surface area contributed by atoms with Crippen molar-refractivity contribution in [1.29, 1.82) is 0 Å². The SMILES string of the molecule is CC(C)NC(=O)C[NH+](C)CCOc1cccc(Br)c1. The number of hydrogen-bond donors (Lipinski definition) is 2. The maximum absolute atomic E-state index is 11.6. The fourth-order valence-corrected chi connectivity index (χ4v) is 2.01. The summed E-state index contributed by atoms with van der Waals surface area (Å²) in [7, 11) is 1.99. The summed E-state index contributed by atoms with van der Waals surface area (Å²) < 4.78 is 6.64. The van der Waals surface area contributed by atoms with Crippen molar-refractivity contribution in [2.24, 2.45) is 0 Å². The van der Waals surface area contributed by atoms with Crippen LogP contribution in [0.5, 0.6) is 5.75 Å². The second-order valence-electron chi connectivity index (χ2n) is 4.91. The molecule has 0 heterocycles. The molecule has 106 valence electrons. The van der Waals surface area contributed by atoms with E-state index < -0.39 is 0 Å². The van der Waals surface area contributed by atoms with Gasteiger partial charge in [0.2, 0.25) is 0 Å². The van der Waals surface area contributed by atoms with E-state index in [1.807, 2.05) is 45.2 Å². The molecule has 0 aliphatic rings. The Morgan fingerprint density at radius 1 is 1.47 bits per heavy atom. The highest BCUT2D eigenvalue weighted by molar-refractivity contribution is 9.10. The van der Waals surface area contributed by atoms with Crippen molar-refractivity contribution in [1.82, 2.24) is 5.32 Å². The Hall–Kier alpha value is -1.07. The second-order valence-corrected chi connectivity index (χ2v) is 5.83. The molecule has 19 heavy (non-hydrogen) atoms. The third kappa shape index (κ3) is 7.18. The first-order valence-electron chi connectivity index (χ1n) is 6.46. The minimum absolute atomic E-state index is 0.0787. The quantitative estimate of drug-likeness (QED) is 0.779. The summed E-state index contributed by atoms with van der Waals surface area (Å²) in [4.78, 5) is 12.7. The monoisotopic (exact) mass is 329 g/mol. The van der Waals surface area contributed by atoms with Gasteiger partial charge in [-0.3, -0.25) is 4.79 Å². The molecule has 0 aliphatic carbocycles. The van der Waals surface area contributed by atoms with Gasteiger partial charge in [0.05, 0.1) is 7.05 Å². The van der Waals surface area contributed by atoms with E-state index in [9.17, 15) is 4.79 Å². The molecule has 0 saturated carbocycles. The van der Waals surface area contributed by atoms with E-state index >= 15 is 0 Å². The molecule has 0 fully saturated rings. The Bertz CT molecular complexity index is 410. The Balaban J connectivity index is 2.23. The summed E-state index contributed by atoms with van der Waals surface area (Å²) in [6.07, 6.45) is 0. The van der Waals surface area contributed by atoms with E-state index in [2.05, 4.69) is 21.2 Å². The Morgan fingerprint density at radius 2 is 2.21 bits per heavy atom. The number of benzene rings is 1. The van der Waals surface area contributed by atoms with Gasteiger partial charge in [0.15, 0.2) is 6.54 Å². The van der Waals surface area contributed by atoms with Gasteiger partial charge in [-0.2, -0.15) is 0 Å². The number of nitrogens with one attached hydrogen (secondary N) is 2. The highest BCUT2D eigenvalue weighted by atomic mass is 79.9. The molecule has 0 radical (unpaired) electrons. The maximum atomic E-state index is 11.6. The minimum atomic E-state index is 0.0787. The van der Waals surface area contributed by atoms with Gasteiger partial charge in [-0.15, -0.1) is 0 Å². The zero-order valence-corrected chi connectivity index (χ0v) is 13.3. The zero-order valence-electron chi connectivity index (χ0n) is 11.7. The van der Waals surface area contributed by atoms with Crippen LogP contribution >= 0.6 is 15.9 Å². The van der Waals surface area contributed by atoms with E-state index in [4.69, 9.17) is 4.74 Å². The van der Waals surface area contributed by atoms with Gasteiger partial charge in [-0.25, -0.2) is 0 Å². The van der Waals surface area contributed by atoms with Crippen molar-refractivity contribution >= 4 is 21.8 Å². The molecule has 5 heteroatoms. The molecule has 0 saturated heterocycles. The molecule has 0 aromatic heterocycles. The van der Waals surface area contributed by atoms with Crippen LogP contribution < -0.4 is 15.0 Å². The van der Waals surface area contributed by atoms with E-state index in [1.54, 1.807) is 0 Å². The van der Waals surface area contributed by atoms with Crippen LogP contribution in [0.15, 0.2) is 28.7 Å². The predicted molar refractivity (Wildman–Crippen MR) is 79.5 cm³/mol. The van der Waals surface area contributed by atoms with Crippen molar-refractivity contribution in [2.45, 2.75) is 19.9 Å². The average molecular weight is 330 g/mol. The Kier molecular flexibility index (Phi) is 6.87. The van der Waals surface area contributed by atoms with Crippen LogP contribution in [0.3, 0.4) is 0 Å². The number of hydrogen-bond acceptors (Lipinski definition) is 2. The fraction of sp³-hybridized carbons (Fsp3) is 0.500. The number of amides is 1. The molecule has 0 aliphatic heterocycles. The lowest BCUT2D eigenvalue weighted by molar-refractivity contribution is -0.871. The fourth-order valence-electron chi connectivity index (χ4n) is 1.64. The number of carbonyl (C=O) groups excluding carboxylic acids is 1. The van der Waals surface area contributed by atoms with Gasteiger partial charge in [-0.1, -0.05) is 22.0 Å². The van der Waals surface area contributed by atoms with Crippen molar-refractivity contribution in [3.05, 3.63) is 28.7 Å². The zero-order chi connectivity index (χ0) is 14.3. The number of carbonyl (C=O) groups is 1. The summed E-state index contributed by atoms with van der Waals surface area (Å²) in [6, 6.07) is 7.94. The lowest BCUT2D eigenvalue weighted by Crippen LogP contribution is -3.10. The molecule has 1 unspecified atom stereocenters. The molecule has 4 nitrogen and oxygen atoms in total. The normalized spacial score (nSPS) is 12.3. The van der Waals surface area contributed by atoms with Gasteiger partial charge in [0.25, 0.3) is 5.91 Å². The maximum Gasteiger partial charge on any atom is 0.275 e. The van der Waals surface area contributed by atoms with Crippen molar-refractivity contribution in [3.8, 4) is 5.75 Å². The molecule has 1 atom stereocenters. The highest BCUT2D eigenvalue weighted by Gasteiger charge is 2.10. The molecule has 1 rings (SSSR count). The third-order valence-corrected chi connectivity index (χ3v) is 3.00. The Labute approximate surface area is 123 Å². The summed E-state index contributed by atoms with van der Waals surface area (Å²) in [6.45, 7) is 5.78. The molecule has 2 N–H and O–H groups in total. The molecular formula is C14H22BrN2O2+. The van der Waals surface area contributed by atoms with Crippen LogP contribution in [-0.4, -0.2) is 38.7 Å². The van der Waals surface area contributed by atoms with Crippen LogP contribution in [0.4, 0.5) is 0 Å². The van der Waals surface area contributed by atoms with Gasteiger partial charge in [0, 0.05) is 10.5 Å². The van der Waals surface area contributed by atoms with Crippen molar-refractivity contribution in [2.75, 3.05) is 26.7 Å². The van der Waals surface area contributed by atoms with E-state index in [0.29, 0.717) is 13.2 Å². The third-order valence-electron chi connectivity index (χ3n) is 2.51. The average Bonchev–Trinajstić information content (AvgIpc) is 2.27. The molecule has 0 spiro atoms. The van der Waals surface area contributed by atoms with Crippen LogP contribution in [0.1, 0.15) is 13.8 Å². The number of rotatable bonds is 7. The van der Waals surface area contributed by atoms with E-state index in [0.717, 1.165) is 21.7 Å². The summed E-state index contributed by atoms with van der Waals surface area (Å²) in [5.74, 6) is 0.920. The number of quaternary nitrogens is 1. The number of halogens is 1. The van der Waals surface area contributed by atoms with Crippen molar-refractivity contribution < 1.29 is 14.4 Å². The van der Waals surface area contributed by atoms with Crippen LogP contribution in [0, 0.1) is 0 Å². The van der Waals surface area contributed by atoms with E-state index in [1.165, 1.54) is 0 Å². The highest BCUT2D eigenvalue weighted by Crippen LogP contribution is 2.17. The first-order chi connectivity index (χ1) is 8.97. The van der Waals surface area contributed by atoms with Gasteiger partial charge >= 0.3 is 0 Å². The summed E-state index contributed by atoms with van der Waals surface area (Å²) >= 11 is 3.40. The van der Waals surface area contributed by atoms with E-state index in [-0.39, 0.29) is 11.9 Å². The minimum Gasteiger partial charge on any atom is -0.488 e. The lowest BCUT2D eigenvalue weighted by Gasteiger charge is -2.15. The number of ether oxygens (including phenoxy) is 1. The predicted octanol–water partition coefficient (Wildman–Crippen LogP) is 0.867. The molecule has 0 bridgehead atoms. The smallest absolute Gasteiger partial charge is 0.275 e. The van der Waals surface area contributed by atoms with Gasteiger partial charge < -0.3 is 15.0 Å². The first kappa shape index (κ1) is 16.0. The second kappa shape index (κ2) is 8.17. The lowest BCUT2D eigenvalue weighted by atomic mass is 10.3. The molecule has 1 aromatic carbocycles. The first-order valence-corrected chi connectivity index (χ1v) is 7.25. The largest absolute Gasteiger partial charge is 0.488 e. The molecular weight excluding hydrogens is 308 g/mol.